The van der Waals surface area contributed by atoms with E-state index in [2.05, 4.69) is 0 Å². The minimum Gasteiger partial charge on any atom is -0.369 e. The van der Waals surface area contributed by atoms with E-state index in [0.29, 0.717) is 6.07 Å². The molecule has 3 aliphatic rings. The maximum atomic E-state index is 14.7. The zero-order valence-corrected chi connectivity index (χ0v) is 13.2. The predicted octanol–water partition coefficient (Wildman–Crippen LogP) is 0.135. The fourth-order valence-electron chi connectivity index (χ4n) is 3.20. The average Bonchev–Trinajstić information content (AvgIpc) is 3.01. The topological polar surface area (TPSA) is 81.8 Å². The molecule has 1 aromatic carbocycles. The van der Waals surface area contributed by atoms with Gasteiger partial charge in [-0.3, -0.25) is 19.7 Å². The summed E-state index contributed by atoms with van der Waals surface area (Å²) < 4.78 is 93.9. The summed E-state index contributed by atoms with van der Waals surface area (Å²) in [5, 5.41) is 3.66. The van der Waals surface area contributed by atoms with Gasteiger partial charge in [0.15, 0.2) is 11.6 Å². The maximum absolute atomic E-state index is 14.7. The van der Waals surface area contributed by atoms with E-state index >= 15 is 0 Å². The first kappa shape index (κ1) is 9.96. The molecule has 0 aromatic heterocycles. The van der Waals surface area contributed by atoms with Crippen molar-refractivity contribution in [1.82, 2.24) is 15.5 Å². The Kier molecular flexibility index (Phi) is 2.42. The molecule has 3 aliphatic heterocycles. The summed E-state index contributed by atoms with van der Waals surface area (Å²) in [5.74, 6) is -5.93. The smallest absolute Gasteiger partial charge is 0.258 e. The van der Waals surface area contributed by atoms with E-state index in [1.165, 1.54) is 0 Å². The summed E-state index contributed by atoms with van der Waals surface area (Å²) in [6, 6.07) is -0.884. The molecule has 9 heteroatoms. The van der Waals surface area contributed by atoms with E-state index in [0.717, 1.165) is 4.90 Å². The van der Waals surface area contributed by atoms with E-state index in [1.54, 1.807) is 5.32 Å². The summed E-state index contributed by atoms with van der Waals surface area (Å²) in [6.45, 7) is -13.8. The monoisotopic (exact) mass is 372 g/mol. The molecule has 4 rings (SSSR count). The molecule has 0 aliphatic carbocycles. The van der Waals surface area contributed by atoms with Gasteiger partial charge in [0.05, 0.1) is 11.0 Å². The molecule has 26 heavy (non-hydrogen) atoms. The lowest BCUT2D eigenvalue weighted by molar-refractivity contribution is -0.136. The Morgan fingerprint density at radius 2 is 1.92 bits per heavy atom. The Morgan fingerprint density at radius 3 is 2.62 bits per heavy atom. The molecule has 2 fully saturated rings. The Hall–Kier alpha value is -2.55. The van der Waals surface area contributed by atoms with Crippen molar-refractivity contribution in [3.63, 3.8) is 0 Å². The van der Waals surface area contributed by atoms with Crippen molar-refractivity contribution in [3.8, 4) is 0 Å². The van der Waals surface area contributed by atoms with Gasteiger partial charge in [-0.25, -0.2) is 8.78 Å². The quantitative estimate of drug-likeness (QED) is 0.722. The van der Waals surface area contributed by atoms with Gasteiger partial charge >= 0.3 is 0 Å². The van der Waals surface area contributed by atoms with Crippen molar-refractivity contribution < 1.29 is 34.1 Å². The van der Waals surface area contributed by atoms with Gasteiger partial charge in [-0.05, 0) is 6.42 Å². The molecule has 0 saturated carbocycles. The van der Waals surface area contributed by atoms with E-state index in [4.69, 9.17) is 11.0 Å². The summed E-state index contributed by atoms with van der Waals surface area (Å²) in [6.07, 6.45) is -0.256. The number of carbonyl (C=O) groups is 3. The van der Waals surface area contributed by atoms with Crippen LogP contribution in [0, 0.1) is 11.6 Å². The van der Waals surface area contributed by atoms with Gasteiger partial charge in [0.25, 0.3) is 5.91 Å². The van der Waals surface area contributed by atoms with Crippen LogP contribution >= 0.6 is 0 Å². The Balaban J connectivity index is 1.90. The third kappa shape index (κ3) is 2.63. The van der Waals surface area contributed by atoms with E-state index in [9.17, 15) is 23.2 Å². The summed E-state index contributed by atoms with van der Waals surface area (Å²) >= 11 is 0. The van der Waals surface area contributed by atoms with Gasteiger partial charge in [-0.15, -0.1) is 0 Å². The first-order valence-electron chi connectivity index (χ1n) is 11.7. The number of nitrogens with zero attached hydrogens (tertiary/aromatic N) is 2. The molecule has 1 unspecified atom stereocenters. The number of hydrogen-bond acceptors (Lipinski definition) is 5. The first-order chi connectivity index (χ1) is 15.4. The maximum Gasteiger partial charge on any atom is 0.258 e. The Bertz CT molecular complexity index is 1110. The van der Waals surface area contributed by atoms with Crippen LogP contribution in [0.3, 0.4) is 0 Å². The fraction of sp³-hybridized carbons (Fsp3) is 0.471. The molecular weight excluding hydrogens is 346 g/mol. The highest BCUT2D eigenvalue weighted by Crippen LogP contribution is 2.37. The van der Waals surface area contributed by atoms with Crippen LogP contribution < -0.4 is 15.5 Å². The fourth-order valence-corrected chi connectivity index (χ4v) is 3.20. The minimum atomic E-state index is -3.36. The van der Waals surface area contributed by atoms with Gasteiger partial charge in [0, 0.05) is 61.8 Å². The van der Waals surface area contributed by atoms with Gasteiger partial charge < -0.3 is 15.1 Å². The largest absolute Gasteiger partial charge is 0.369 e. The van der Waals surface area contributed by atoms with Gasteiger partial charge in [-0.2, -0.15) is 0 Å². The molecule has 3 amide bonds. The van der Waals surface area contributed by atoms with Gasteiger partial charge in [-0.1, -0.05) is 0 Å². The highest BCUT2D eigenvalue weighted by atomic mass is 19.2. The summed E-state index contributed by atoms with van der Waals surface area (Å²) in [4.78, 5) is 37.6. The second-order valence-corrected chi connectivity index (χ2v) is 5.88. The second-order valence-electron chi connectivity index (χ2n) is 5.88. The summed E-state index contributed by atoms with van der Waals surface area (Å²) in [7, 11) is 0. The third-order valence-corrected chi connectivity index (χ3v) is 4.39. The van der Waals surface area contributed by atoms with Crippen molar-refractivity contribution in [2.45, 2.75) is 25.4 Å². The molecule has 7 nitrogen and oxygen atoms in total. The van der Waals surface area contributed by atoms with E-state index in [1.807, 2.05) is 5.32 Å². The standard InChI is InChI=1S/C17H18F2N4O3/c18-10-7-12(22-5-3-20-4-6-22)9-8-23(17(26)14(9)15(10)19)11-1-2-13(24)21-16(11)25/h7,11,20H,1-6,8H2,(H,21,24,25)/i3D2,4D2,5D2,6D2. The number of benzene rings is 1. The lowest BCUT2D eigenvalue weighted by Gasteiger charge is -2.32. The van der Waals surface area contributed by atoms with Crippen molar-refractivity contribution >= 4 is 23.4 Å². The molecule has 2 N–H and O–H groups in total. The number of anilines is 1. The van der Waals surface area contributed by atoms with Crippen molar-refractivity contribution in [3.05, 3.63) is 28.8 Å². The van der Waals surface area contributed by atoms with Gasteiger partial charge in [0.1, 0.15) is 6.04 Å². The number of halogens is 2. The number of hydrogen-bond donors (Lipinski definition) is 2. The van der Waals surface area contributed by atoms with E-state index < -0.39 is 84.7 Å². The van der Waals surface area contributed by atoms with Crippen molar-refractivity contribution in [1.29, 1.82) is 0 Å². The Morgan fingerprint density at radius 1 is 1.19 bits per heavy atom. The molecule has 0 bridgehead atoms. The molecule has 0 radical (unpaired) electrons. The number of rotatable bonds is 2. The molecule has 138 valence electrons. The molecule has 1 atom stereocenters. The number of fused-ring (bicyclic) bond motifs is 1. The molecular formula is C17H18F2N4O3. The van der Waals surface area contributed by atoms with Crippen LogP contribution in [0.15, 0.2) is 6.07 Å². The molecule has 2 saturated heterocycles. The third-order valence-electron chi connectivity index (χ3n) is 4.39. The van der Waals surface area contributed by atoms with Crippen molar-refractivity contribution in [2.75, 3.05) is 30.9 Å². The molecule has 3 heterocycles. The second kappa shape index (κ2) is 6.31. The number of nitrogens with one attached hydrogen (secondary N) is 2. The number of amides is 3. The lowest BCUT2D eigenvalue weighted by Crippen LogP contribution is -2.52. The van der Waals surface area contributed by atoms with E-state index in [-0.39, 0.29) is 17.7 Å². The predicted molar refractivity (Wildman–Crippen MR) is 87.5 cm³/mol. The molecule has 1 aromatic rings. The van der Waals surface area contributed by atoms with Crippen LogP contribution in [0.1, 0.15) is 39.7 Å². The highest BCUT2D eigenvalue weighted by molar-refractivity contribution is 6.06. The SMILES string of the molecule is [2H]C1([2H])NC([2H])([2H])C([2H])([2H])N(c2cc(F)c(F)c3c2CN(C2CCC(=O)NC2=O)C3=O)C1([2H])[2H]. The molecule has 0 spiro atoms. The van der Waals surface area contributed by atoms with Crippen LogP contribution in [0.5, 0.6) is 0 Å². The van der Waals surface area contributed by atoms with Crippen LogP contribution in [0.2, 0.25) is 0 Å². The van der Waals surface area contributed by atoms with Crippen LogP contribution in [-0.4, -0.2) is 54.7 Å². The summed E-state index contributed by atoms with van der Waals surface area (Å²) in [5.41, 5.74) is -2.15. The number of piperazine rings is 1. The normalized spacial score (nSPS) is 35.6. The first-order valence-corrected chi connectivity index (χ1v) is 7.69. The zero-order chi connectivity index (χ0) is 25.6. The zero-order valence-electron chi connectivity index (χ0n) is 21.2. The van der Waals surface area contributed by atoms with Crippen LogP contribution in [-0.2, 0) is 16.1 Å². The Labute approximate surface area is 159 Å². The highest BCUT2D eigenvalue weighted by Gasteiger charge is 2.42. The number of piperidine rings is 1. The number of carbonyl (C=O) groups excluding carboxylic acids is 3. The lowest BCUT2D eigenvalue weighted by atomic mass is 10.0. The minimum absolute atomic E-state index is 0.0130. The van der Waals surface area contributed by atoms with Crippen LogP contribution in [0.25, 0.3) is 0 Å². The number of imide groups is 1. The van der Waals surface area contributed by atoms with Crippen LogP contribution in [0.4, 0.5) is 14.5 Å². The average molecular weight is 372 g/mol. The van der Waals surface area contributed by atoms with Crippen molar-refractivity contribution in [2.24, 2.45) is 0 Å². The van der Waals surface area contributed by atoms with Gasteiger partial charge in [0.2, 0.25) is 11.8 Å².